The van der Waals surface area contributed by atoms with Gasteiger partial charge in [0.2, 0.25) is 0 Å². The van der Waals surface area contributed by atoms with Gasteiger partial charge in [-0.1, -0.05) is 5.11 Å². The van der Waals surface area contributed by atoms with E-state index in [0.717, 1.165) is 0 Å². The van der Waals surface area contributed by atoms with E-state index in [1.807, 2.05) is 0 Å². The topological polar surface area (TPSA) is 101 Å². The van der Waals surface area contributed by atoms with E-state index >= 15 is 0 Å². The number of methoxy groups -OCH3 is 1. The van der Waals surface area contributed by atoms with Crippen molar-refractivity contribution in [3.8, 4) is 5.75 Å². The molecule has 0 fully saturated rings. The number of nitrogens with zero attached hydrogens (tertiary/aromatic N) is 4. The van der Waals surface area contributed by atoms with Crippen molar-refractivity contribution in [3.63, 3.8) is 0 Å². The van der Waals surface area contributed by atoms with Crippen LogP contribution >= 0.6 is 0 Å². The third-order valence-electron chi connectivity index (χ3n) is 1.53. The number of ether oxygens (including phenoxy) is 1. The lowest BCUT2D eigenvalue weighted by Crippen LogP contribution is -1.90. The molecule has 1 aromatic rings. The van der Waals surface area contributed by atoms with Crippen LogP contribution in [0.25, 0.3) is 10.4 Å². The van der Waals surface area contributed by atoms with E-state index < -0.39 is 4.92 Å². The molecule has 7 heteroatoms. The molecule has 0 unspecified atom stereocenters. The SMILES string of the molecule is COc1ccc(N=[N+]=[N-])c([N+](=O)[O-])c1. The average Bonchev–Trinajstić information content (AvgIpc) is 2.18. The molecule has 0 aliphatic heterocycles. The molecule has 0 heterocycles. The summed E-state index contributed by atoms with van der Waals surface area (Å²) in [6, 6.07) is 4.01. The zero-order valence-corrected chi connectivity index (χ0v) is 7.25. The van der Waals surface area contributed by atoms with Gasteiger partial charge in [0.1, 0.15) is 11.4 Å². The molecular formula is C7H6N4O3. The van der Waals surface area contributed by atoms with Gasteiger partial charge in [0.15, 0.2) is 0 Å². The van der Waals surface area contributed by atoms with E-state index in [1.165, 1.54) is 25.3 Å². The van der Waals surface area contributed by atoms with Crippen LogP contribution in [0.2, 0.25) is 0 Å². The molecule has 0 radical (unpaired) electrons. The highest BCUT2D eigenvalue weighted by atomic mass is 16.6. The fraction of sp³-hybridized carbons (Fsp3) is 0.143. The maximum absolute atomic E-state index is 10.5. The number of rotatable bonds is 3. The van der Waals surface area contributed by atoms with Gasteiger partial charge in [-0.25, -0.2) is 0 Å². The quantitative estimate of drug-likeness (QED) is 0.243. The highest BCUT2D eigenvalue weighted by molar-refractivity contribution is 5.59. The van der Waals surface area contributed by atoms with Crippen molar-refractivity contribution in [1.29, 1.82) is 0 Å². The first kappa shape index (κ1) is 9.82. The Kier molecular flexibility index (Phi) is 2.88. The Labute approximate surface area is 78.7 Å². The van der Waals surface area contributed by atoms with Crippen molar-refractivity contribution < 1.29 is 9.66 Å². The predicted octanol–water partition coefficient (Wildman–Crippen LogP) is 2.55. The van der Waals surface area contributed by atoms with Gasteiger partial charge in [-0.05, 0) is 17.7 Å². The van der Waals surface area contributed by atoms with Gasteiger partial charge in [0.25, 0.3) is 5.69 Å². The maximum atomic E-state index is 10.5. The van der Waals surface area contributed by atoms with E-state index in [1.54, 1.807) is 0 Å². The molecule has 0 saturated heterocycles. The Morgan fingerprint density at radius 1 is 1.64 bits per heavy atom. The van der Waals surface area contributed by atoms with Gasteiger partial charge < -0.3 is 4.74 Å². The second-order valence-electron chi connectivity index (χ2n) is 2.30. The fourth-order valence-electron chi connectivity index (χ4n) is 0.909. The Hall–Kier alpha value is -2.27. The Bertz CT molecular complexity index is 411. The summed E-state index contributed by atoms with van der Waals surface area (Å²) in [5.74, 6) is 0.341. The van der Waals surface area contributed by atoms with Crippen LogP contribution in [0.1, 0.15) is 0 Å². The molecule has 1 rings (SSSR count). The minimum Gasteiger partial charge on any atom is -0.497 e. The first-order valence-corrected chi connectivity index (χ1v) is 3.56. The summed E-state index contributed by atoms with van der Waals surface area (Å²) in [7, 11) is 1.40. The van der Waals surface area contributed by atoms with E-state index in [9.17, 15) is 10.1 Å². The summed E-state index contributed by atoms with van der Waals surface area (Å²) in [5, 5.41) is 13.7. The number of nitro benzene ring substituents is 1. The number of benzene rings is 1. The van der Waals surface area contributed by atoms with Gasteiger partial charge in [-0.3, -0.25) is 10.1 Å². The van der Waals surface area contributed by atoms with Crippen LogP contribution in [0.15, 0.2) is 23.3 Å². The molecule has 1 aromatic carbocycles. The number of azide groups is 1. The Morgan fingerprint density at radius 3 is 2.86 bits per heavy atom. The lowest BCUT2D eigenvalue weighted by molar-refractivity contribution is -0.384. The average molecular weight is 194 g/mol. The van der Waals surface area contributed by atoms with E-state index in [4.69, 9.17) is 10.3 Å². The van der Waals surface area contributed by atoms with Crippen LogP contribution in [-0.4, -0.2) is 12.0 Å². The summed E-state index contributed by atoms with van der Waals surface area (Å²) >= 11 is 0. The maximum Gasteiger partial charge on any atom is 0.282 e. The van der Waals surface area contributed by atoms with Crippen LogP contribution < -0.4 is 4.74 Å². The number of hydrogen-bond acceptors (Lipinski definition) is 4. The highest BCUT2D eigenvalue weighted by Gasteiger charge is 2.13. The number of nitro groups is 1. The van der Waals surface area contributed by atoms with Crippen LogP contribution in [-0.2, 0) is 0 Å². The van der Waals surface area contributed by atoms with Crippen molar-refractivity contribution in [2.45, 2.75) is 0 Å². The van der Waals surface area contributed by atoms with Crippen LogP contribution in [0, 0.1) is 10.1 Å². The van der Waals surface area contributed by atoms with Gasteiger partial charge >= 0.3 is 0 Å². The van der Waals surface area contributed by atoms with Gasteiger partial charge in [0, 0.05) is 4.91 Å². The first-order chi connectivity index (χ1) is 6.69. The third kappa shape index (κ3) is 1.90. The number of hydrogen-bond donors (Lipinski definition) is 0. The third-order valence-corrected chi connectivity index (χ3v) is 1.53. The highest BCUT2D eigenvalue weighted by Crippen LogP contribution is 2.31. The minimum atomic E-state index is -0.632. The molecule has 14 heavy (non-hydrogen) atoms. The monoisotopic (exact) mass is 194 g/mol. The zero-order chi connectivity index (χ0) is 10.6. The second kappa shape index (κ2) is 4.11. The fourth-order valence-corrected chi connectivity index (χ4v) is 0.909. The molecular weight excluding hydrogens is 188 g/mol. The van der Waals surface area contributed by atoms with Crippen molar-refractivity contribution in [2.75, 3.05) is 7.11 Å². The standard InChI is InChI=1S/C7H6N4O3/c1-14-5-2-3-6(9-10-8)7(4-5)11(12)13/h2-4H,1H3. The molecule has 72 valence electrons. The van der Waals surface area contributed by atoms with E-state index in [2.05, 4.69) is 10.0 Å². The Morgan fingerprint density at radius 2 is 2.36 bits per heavy atom. The smallest absolute Gasteiger partial charge is 0.282 e. The molecule has 0 saturated carbocycles. The van der Waals surface area contributed by atoms with Crippen molar-refractivity contribution in [3.05, 3.63) is 38.8 Å². The van der Waals surface area contributed by atoms with Crippen LogP contribution in [0.5, 0.6) is 5.75 Å². The largest absolute Gasteiger partial charge is 0.497 e. The summed E-state index contributed by atoms with van der Waals surface area (Å²) in [5.41, 5.74) is 7.85. The summed E-state index contributed by atoms with van der Waals surface area (Å²) in [6.45, 7) is 0. The molecule has 0 N–H and O–H groups in total. The molecule has 0 atom stereocenters. The molecule has 0 aliphatic carbocycles. The lowest BCUT2D eigenvalue weighted by atomic mass is 10.2. The lowest BCUT2D eigenvalue weighted by Gasteiger charge is -2.00. The van der Waals surface area contributed by atoms with Crippen LogP contribution in [0.3, 0.4) is 0 Å². The summed E-state index contributed by atoms with van der Waals surface area (Å²) in [4.78, 5) is 12.4. The van der Waals surface area contributed by atoms with Crippen LogP contribution in [0.4, 0.5) is 11.4 Å². The predicted molar refractivity (Wildman–Crippen MR) is 48.5 cm³/mol. The molecule has 0 amide bonds. The van der Waals surface area contributed by atoms with Crippen molar-refractivity contribution in [2.24, 2.45) is 5.11 Å². The van der Waals surface area contributed by atoms with Crippen molar-refractivity contribution in [1.82, 2.24) is 0 Å². The molecule has 7 nitrogen and oxygen atoms in total. The molecule has 0 aliphatic rings. The van der Waals surface area contributed by atoms with E-state index in [-0.39, 0.29) is 11.4 Å². The zero-order valence-electron chi connectivity index (χ0n) is 7.25. The second-order valence-corrected chi connectivity index (χ2v) is 2.30. The normalized spacial score (nSPS) is 8.93. The summed E-state index contributed by atoms with van der Waals surface area (Å²) < 4.78 is 4.80. The van der Waals surface area contributed by atoms with Gasteiger partial charge in [-0.15, -0.1) is 0 Å². The Balaban J connectivity index is 3.30. The first-order valence-electron chi connectivity index (χ1n) is 3.56. The minimum absolute atomic E-state index is 0.0294. The molecule has 0 bridgehead atoms. The van der Waals surface area contributed by atoms with Gasteiger partial charge in [-0.2, -0.15) is 0 Å². The van der Waals surface area contributed by atoms with Crippen molar-refractivity contribution >= 4 is 11.4 Å². The molecule has 0 aromatic heterocycles. The van der Waals surface area contributed by atoms with E-state index in [0.29, 0.717) is 5.75 Å². The molecule has 0 spiro atoms. The summed E-state index contributed by atoms with van der Waals surface area (Å²) in [6.07, 6.45) is 0. The van der Waals surface area contributed by atoms with Gasteiger partial charge in [0.05, 0.1) is 18.1 Å².